The molecule has 0 N–H and O–H groups in total. The summed E-state index contributed by atoms with van der Waals surface area (Å²) in [6.07, 6.45) is 3.96. The number of carbonyl (C=O) groups excluding carboxylic acids is 1. The molecular weight excluding hydrogens is 311 g/mol. The molecule has 0 amide bonds. The number of benzene rings is 2. The number of halogens is 1. The van der Waals surface area contributed by atoms with E-state index in [0.29, 0.717) is 6.42 Å². The van der Waals surface area contributed by atoms with Gasteiger partial charge in [-0.2, -0.15) is 0 Å². The first kappa shape index (κ1) is 17.8. The van der Waals surface area contributed by atoms with Gasteiger partial charge in [-0.15, -0.1) is 0 Å². The molecule has 2 aromatic rings. The van der Waals surface area contributed by atoms with Crippen molar-refractivity contribution in [3.8, 4) is 0 Å². The average molecular weight is 338 g/mol. The van der Waals surface area contributed by atoms with Crippen LogP contribution in [-0.4, -0.2) is 6.29 Å². The van der Waals surface area contributed by atoms with E-state index in [1.54, 1.807) is 12.1 Å². The first-order valence-corrected chi connectivity index (χ1v) is 9.08. The molecule has 1 atom stereocenters. The number of rotatable bonds is 4. The lowest BCUT2D eigenvalue weighted by atomic mass is 9.62. The van der Waals surface area contributed by atoms with Gasteiger partial charge >= 0.3 is 0 Å². The van der Waals surface area contributed by atoms with Crippen molar-refractivity contribution in [3.05, 3.63) is 70.5 Å². The van der Waals surface area contributed by atoms with Crippen molar-refractivity contribution in [1.82, 2.24) is 0 Å². The number of hydrogen-bond acceptors (Lipinski definition) is 1. The minimum absolute atomic E-state index is 0.129. The fourth-order valence-electron chi connectivity index (χ4n) is 3.96. The van der Waals surface area contributed by atoms with Crippen LogP contribution in [0.3, 0.4) is 0 Å². The second-order valence-corrected chi connectivity index (χ2v) is 8.65. The Balaban J connectivity index is 1.96. The van der Waals surface area contributed by atoms with Crippen molar-refractivity contribution in [2.45, 2.75) is 63.7 Å². The lowest BCUT2D eigenvalue weighted by Gasteiger charge is -2.42. The molecule has 2 aromatic carbocycles. The SMILES string of the molecule is CC1(C)CCC(C)(C)c2cc(C(C=O)Cc3ccc(F)cc3)ccc21. The largest absolute Gasteiger partial charge is 0.303 e. The zero-order valence-corrected chi connectivity index (χ0v) is 15.6. The van der Waals surface area contributed by atoms with E-state index in [1.807, 2.05) is 0 Å². The van der Waals surface area contributed by atoms with Gasteiger partial charge in [0.05, 0.1) is 0 Å². The van der Waals surface area contributed by atoms with Crippen molar-refractivity contribution in [1.29, 1.82) is 0 Å². The molecule has 0 aromatic heterocycles. The van der Waals surface area contributed by atoms with Crippen molar-refractivity contribution < 1.29 is 9.18 Å². The predicted molar refractivity (Wildman–Crippen MR) is 101 cm³/mol. The molecule has 1 nitrogen and oxygen atoms in total. The third kappa shape index (κ3) is 3.53. The Kier molecular flexibility index (Phi) is 4.57. The minimum Gasteiger partial charge on any atom is -0.303 e. The molecule has 0 saturated carbocycles. The Hall–Kier alpha value is -1.96. The molecule has 0 aliphatic heterocycles. The second-order valence-electron chi connectivity index (χ2n) is 8.65. The molecule has 0 spiro atoms. The summed E-state index contributed by atoms with van der Waals surface area (Å²) in [7, 11) is 0. The van der Waals surface area contributed by atoms with Gasteiger partial charge in [-0.25, -0.2) is 4.39 Å². The van der Waals surface area contributed by atoms with Gasteiger partial charge in [0.25, 0.3) is 0 Å². The normalized spacial score (nSPS) is 19.1. The summed E-state index contributed by atoms with van der Waals surface area (Å²) in [6, 6.07) is 13.0. The van der Waals surface area contributed by atoms with Crippen molar-refractivity contribution in [2.24, 2.45) is 0 Å². The van der Waals surface area contributed by atoms with Crippen LogP contribution in [0.4, 0.5) is 4.39 Å². The van der Waals surface area contributed by atoms with Gasteiger partial charge in [0.2, 0.25) is 0 Å². The highest BCUT2D eigenvalue weighted by atomic mass is 19.1. The van der Waals surface area contributed by atoms with Gasteiger partial charge in [-0.05, 0) is 64.5 Å². The van der Waals surface area contributed by atoms with Gasteiger partial charge in [-0.1, -0.05) is 58.0 Å². The summed E-state index contributed by atoms with van der Waals surface area (Å²) in [5.74, 6) is -0.444. The maximum absolute atomic E-state index is 13.1. The smallest absolute Gasteiger partial charge is 0.127 e. The zero-order chi connectivity index (χ0) is 18.2. The fourth-order valence-corrected chi connectivity index (χ4v) is 3.96. The van der Waals surface area contributed by atoms with E-state index in [1.165, 1.54) is 29.7 Å². The lowest BCUT2D eigenvalue weighted by Crippen LogP contribution is -2.34. The molecule has 25 heavy (non-hydrogen) atoms. The van der Waals surface area contributed by atoms with E-state index in [0.717, 1.165) is 23.8 Å². The van der Waals surface area contributed by atoms with Crippen LogP contribution in [0, 0.1) is 5.82 Å². The van der Waals surface area contributed by atoms with Crippen LogP contribution in [0.5, 0.6) is 0 Å². The zero-order valence-electron chi connectivity index (χ0n) is 15.6. The molecule has 1 aliphatic rings. The van der Waals surface area contributed by atoms with E-state index in [-0.39, 0.29) is 22.6 Å². The van der Waals surface area contributed by atoms with Crippen LogP contribution in [0.15, 0.2) is 42.5 Å². The van der Waals surface area contributed by atoms with Gasteiger partial charge in [-0.3, -0.25) is 0 Å². The Labute approximate surface area is 150 Å². The molecule has 0 radical (unpaired) electrons. The average Bonchev–Trinajstić information content (AvgIpc) is 2.58. The maximum atomic E-state index is 13.1. The van der Waals surface area contributed by atoms with E-state index in [4.69, 9.17) is 0 Å². The third-order valence-corrected chi connectivity index (χ3v) is 5.84. The molecule has 3 rings (SSSR count). The summed E-state index contributed by atoms with van der Waals surface area (Å²) in [5, 5.41) is 0. The van der Waals surface area contributed by atoms with Crippen molar-refractivity contribution >= 4 is 6.29 Å². The Bertz CT molecular complexity index is 771. The molecule has 0 heterocycles. The summed E-state index contributed by atoms with van der Waals surface area (Å²) in [6.45, 7) is 9.19. The predicted octanol–water partition coefficient (Wildman–Crippen LogP) is 5.70. The Morgan fingerprint density at radius 2 is 1.56 bits per heavy atom. The highest BCUT2D eigenvalue weighted by molar-refractivity contribution is 5.64. The quantitative estimate of drug-likeness (QED) is 0.654. The molecule has 1 aliphatic carbocycles. The van der Waals surface area contributed by atoms with E-state index in [2.05, 4.69) is 45.9 Å². The van der Waals surface area contributed by atoms with Crippen molar-refractivity contribution in [3.63, 3.8) is 0 Å². The molecule has 0 saturated heterocycles. The lowest BCUT2D eigenvalue weighted by molar-refractivity contribution is -0.109. The highest BCUT2D eigenvalue weighted by Gasteiger charge is 2.37. The Morgan fingerprint density at radius 3 is 2.16 bits per heavy atom. The maximum Gasteiger partial charge on any atom is 0.127 e. The topological polar surface area (TPSA) is 17.1 Å². The standard InChI is InChI=1S/C23H27FO/c1-22(2)11-12-23(3,4)21-14-17(7-10-20(21)22)18(15-25)13-16-5-8-19(24)9-6-16/h5-10,14-15,18H,11-13H2,1-4H3. The first-order valence-electron chi connectivity index (χ1n) is 9.08. The first-order chi connectivity index (χ1) is 11.7. The Morgan fingerprint density at radius 1 is 0.960 bits per heavy atom. The summed E-state index contributed by atoms with van der Waals surface area (Å²) in [4.78, 5) is 11.8. The second kappa shape index (κ2) is 6.40. The van der Waals surface area contributed by atoms with Crippen LogP contribution in [0.1, 0.15) is 68.7 Å². The van der Waals surface area contributed by atoms with Crippen LogP contribution >= 0.6 is 0 Å². The molecule has 0 fully saturated rings. The van der Waals surface area contributed by atoms with Gasteiger partial charge in [0.15, 0.2) is 0 Å². The molecule has 2 heteroatoms. The third-order valence-electron chi connectivity index (χ3n) is 5.84. The van der Waals surface area contributed by atoms with Crippen LogP contribution in [-0.2, 0) is 22.0 Å². The van der Waals surface area contributed by atoms with E-state index >= 15 is 0 Å². The van der Waals surface area contributed by atoms with E-state index in [9.17, 15) is 9.18 Å². The van der Waals surface area contributed by atoms with Crippen LogP contribution < -0.4 is 0 Å². The minimum atomic E-state index is -0.246. The molecule has 1 unspecified atom stereocenters. The number of fused-ring (bicyclic) bond motifs is 1. The number of hydrogen-bond donors (Lipinski definition) is 0. The van der Waals surface area contributed by atoms with Gasteiger partial charge in [0, 0.05) is 5.92 Å². The highest BCUT2D eigenvalue weighted by Crippen LogP contribution is 2.46. The monoisotopic (exact) mass is 338 g/mol. The van der Waals surface area contributed by atoms with E-state index < -0.39 is 0 Å². The molecule has 132 valence electrons. The summed E-state index contributed by atoms with van der Waals surface area (Å²) in [5.41, 5.74) is 5.12. The van der Waals surface area contributed by atoms with Crippen LogP contribution in [0.25, 0.3) is 0 Å². The molecular formula is C23H27FO. The van der Waals surface area contributed by atoms with Gasteiger partial charge in [0.1, 0.15) is 12.1 Å². The fraction of sp³-hybridized carbons (Fsp3) is 0.435. The number of aldehydes is 1. The van der Waals surface area contributed by atoms with Gasteiger partial charge < -0.3 is 4.79 Å². The molecule has 0 bridgehead atoms. The summed E-state index contributed by atoms with van der Waals surface area (Å²) >= 11 is 0. The van der Waals surface area contributed by atoms with Crippen LogP contribution in [0.2, 0.25) is 0 Å². The summed E-state index contributed by atoms with van der Waals surface area (Å²) < 4.78 is 13.1. The van der Waals surface area contributed by atoms with Crippen molar-refractivity contribution in [2.75, 3.05) is 0 Å². The number of carbonyl (C=O) groups is 1.